The molecule has 3 N–H and O–H groups in total. The molecule has 16 heavy (non-hydrogen) atoms. The zero-order valence-corrected chi connectivity index (χ0v) is 8.76. The van der Waals surface area contributed by atoms with Gasteiger partial charge in [0.15, 0.2) is 5.69 Å². The van der Waals surface area contributed by atoms with E-state index in [4.69, 9.17) is 10.2 Å². The molecule has 8 nitrogen and oxygen atoms in total. The predicted molar refractivity (Wildman–Crippen MR) is 54.6 cm³/mol. The molecule has 0 aromatic carbocycles. The van der Waals surface area contributed by atoms with Gasteiger partial charge in [0.2, 0.25) is 5.89 Å². The second-order valence-corrected chi connectivity index (χ2v) is 3.19. The van der Waals surface area contributed by atoms with Gasteiger partial charge in [-0.1, -0.05) is 5.10 Å². The Hall–Kier alpha value is -2.38. The van der Waals surface area contributed by atoms with Crippen LogP contribution >= 0.6 is 0 Å². The van der Waals surface area contributed by atoms with E-state index in [1.165, 1.54) is 10.9 Å². The number of nitrogen functional groups attached to an aromatic ring is 1. The summed E-state index contributed by atoms with van der Waals surface area (Å²) in [5.41, 5.74) is 6.00. The van der Waals surface area contributed by atoms with E-state index in [9.17, 15) is 4.79 Å². The summed E-state index contributed by atoms with van der Waals surface area (Å²) in [6, 6.07) is 0.0209. The molecule has 2 heterocycles. The van der Waals surface area contributed by atoms with Crippen molar-refractivity contribution in [2.45, 2.75) is 6.92 Å². The van der Waals surface area contributed by atoms with Crippen LogP contribution in [0.3, 0.4) is 0 Å². The molecule has 0 bridgehead atoms. The number of carbonyl (C=O) groups is 1. The van der Waals surface area contributed by atoms with Gasteiger partial charge in [-0.25, -0.2) is 0 Å². The normalized spacial score (nSPS) is 10.4. The molecule has 0 unspecified atom stereocenters. The number of aromatic nitrogens is 4. The molecule has 84 valence electrons. The highest BCUT2D eigenvalue weighted by Crippen LogP contribution is 2.11. The topological polar surface area (TPSA) is 112 Å². The molecule has 2 aromatic heterocycles. The largest absolute Gasteiger partial charge is 0.408 e. The summed E-state index contributed by atoms with van der Waals surface area (Å²) in [6.45, 7) is 1.62. The van der Waals surface area contributed by atoms with Crippen LogP contribution in [0.5, 0.6) is 0 Å². The molecule has 8 heteroatoms. The van der Waals surface area contributed by atoms with Crippen LogP contribution in [0.4, 0.5) is 11.7 Å². The summed E-state index contributed by atoms with van der Waals surface area (Å²) in [6.07, 6.45) is 1.54. The minimum atomic E-state index is -0.484. The number of carbonyl (C=O) groups excluding carboxylic acids is 1. The van der Waals surface area contributed by atoms with Crippen LogP contribution in [0.15, 0.2) is 10.6 Å². The Labute approximate surface area is 90.4 Å². The van der Waals surface area contributed by atoms with Crippen molar-refractivity contribution in [3.63, 3.8) is 0 Å². The van der Waals surface area contributed by atoms with Crippen molar-refractivity contribution in [2.24, 2.45) is 7.05 Å². The van der Waals surface area contributed by atoms with Crippen LogP contribution in [0.1, 0.15) is 16.4 Å². The third-order valence-electron chi connectivity index (χ3n) is 1.82. The van der Waals surface area contributed by atoms with Crippen molar-refractivity contribution in [2.75, 3.05) is 11.1 Å². The Balaban J connectivity index is 2.17. The number of rotatable bonds is 2. The van der Waals surface area contributed by atoms with Gasteiger partial charge in [0.05, 0.1) is 5.69 Å². The van der Waals surface area contributed by atoms with Gasteiger partial charge in [0.25, 0.3) is 5.91 Å². The standard InChI is InChI=1S/C8H10N6O2/c1-4-11-12-8(16-4)10-7(15)6-5(9)3-14(2)13-6/h3H,9H2,1-2H3,(H,10,12,15). The van der Waals surface area contributed by atoms with Crippen LogP contribution < -0.4 is 11.1 Å². The summed E-state index contributed by atoms with van der Waals surface area (Å²) in [7, 11) is 1.67. The summed E-state index contributed by atoms with van der Waals surface area (Å²) < 4.78 is 6.44. The maximum atomic E-state index is 11.7. The number of nitrogens with zero attached hydrogens (tertiary/aromatic N) is 4. The highest BCUT2D eigenvalue weighted by molar-refractivity contribution is 6.05. The lowest BCUT2D eigenvalue weighted by Crippen LogP contribution is -2.14. The first-order valence-corrected chi connectivity index (χ1v) is 4.47. The molecular formula is C8H10N6O2. The van der Waals surface area contributed by atoms with Crippen molar-refractivity contribution >= 4 is 17.6 Å². The molecule has 2 aromatic rings. The van der Waals surface area contributed by atoms with Gasteiger partial charge in [-0.15, -0.1) is 5.10 Å². The first-order valence-electron chi connectivity index (χ1n) is 4.47. The van der Waals surface area contributed by atoms with E-state index < -0.39 is 5.91 Å². The Morgan fingerprint density at radius 2 is 2.31 bits per heavy atom. The van der Waals surface area contributed by atoms with Crippen LogP contribution in [0.25, 0.3) is 0 Å². The average molecular weight is 222 g/mol. The van der Waals surface area contributed by atoms with Gasteiger partial charge in [-0.05, 0) is 0 Å². The van der Waals surface area contributed by atoms with E-state index in [0.29, 0.717) is 5.89 Å². The molecule has 0 saturated heterocycles. The van der Waals surface area contributed by atoms with Crippen LogP contribution in [0, 0.1) is 6.92 Å². The molecule has 0 saturated carbocycles. The maximum Gasteiger partial charge on any atom is 0.322 e. The van der Waals surface area contributed by atoms with Crippen LogP contribution in [-0.2, 0) is 7.05 Å². The van der Waals surface area contributed by atoms with Crippen LogP contribution in [0.2, 0.25) is 0 Å². The average Bonchev–Trinajstić information content (AvgIpc) is 2.73. The molecule has 0 aliphatic rings. The monoisotopic (exact) mass is 222 g/mol. The smallest absolute Gasteiger partial charge is 0.322 e. The van der Waals surface area contributed by atoms with E-state index in [1.807, 2.05) is 0 Å². The van der Waals surface area contributed by atoms with E-state index in [-0.39, 0.29) is 17.4 Å². The fraction of sp³-hybridized carbons (Fsp3) is 0.250. The molecule has 1 amide bonds. The van der Waals surface area contributed by atoms with Gasteiger partial charge in [-0.2, -0.15) is 5.10 Å². The Kier molecular flexibility index (Phi) is 2.31. The van der Waals surface area contributed by atoms with E-state index in [1.54, 1.807) is 14.0 Å². The molecule has 0 aliphatic heterocycles. The molecule has 2 rings (SSSR count). The second kappa shape index (κ2) is 3.65. The van der Waals surface area contributed by atoms with Gasteiger partial charge >= 0.3 is 6.01 Å². The number of nitrogens with two attached hydrogens (primary N) is 1. The van der Waals surface area contributed by atoms with Gasteiger partial charge < -0.3 is 10.2 Å². The number of anilines is 2. The summed E-state index contributed by atoms with van der Waals surface area (Å²) in [5.74, 6) is -0.119. The van der Waals surface area contributed by atoms with Gasteiger partial charge in [0, 0.05) is 20.2 Å². The Bertz CT molecular complexity index is 528. The Morgan fingerprint density at radius 3 is 2.81 bits per heavy atom. The minimum Gasteiger partial charge on any atom is -0.408 e. The number of aryl methyl sites for hydroxylation is 2. The maximum absolute atomic E-state index is 11.7. The van der Waals surface area contributed by atoms with E-state index in [0.717, 1.165) is 0 Å². The zero-order chi connectivity index (χ0) is 11.7. The SMILES string of the molecule is Cc1nnc(NC(=O)c2nn(C)cc2N)o1. The third-order valence-corrected chi connectivity index (χ3v) is 1.82. The molecule has 0 radical (unpaired) electrons. The van der Waals surface area contributed by atoms with Crippen molar-refractivity contribution in [1.82, 2.24) is 20.0 Å². The molecule has 0 atom stereocenters. The molecular weight excluding hydrogens is 212 g/mol. The lowest BCUT2D eigenvalue weighted by molar-refractivity contribution is 0.101. The lowest BCUT2D eigenvalue weighted by Gasteiger charge is -1.96. The highest BCUT2D eigenvalue weighted by Gasteiger charge is 2.16. The fourth-order valence-corrected chi connectivity index (χ4v) is 1.19. The summed E-state index contributed by atoms with van der Waals surface area (Å²) >= 11 is 0. The Morgan fingerprint density at radius 1 is 1.56 bits per heavy atom. The quantitative estimate of drug-likeness (QED) is 0.736. The molecule has 0 spiro atoms. The third kappa shape index (κ3) is 1.85. The summed E-state index contributed by atoms with van der Waals surface area (Å²) in [5, 5.41) is 13.5. The predicted octanol–water partition coefficient (Wildman–Crippen LogP) is -0.0540. The van der Waals surface area contributed by atoms with Gasteiger partial charge in [-0.3, -0.25) is 14.8 Å². The zero-order valence-electron chi connectivity index (χ0n) is 8.76. The number of hydrogen-bond donors (Lipinski definition) is 2. The number of nitrogens with one attached hydrogen (secondary N) is 1. The highest BCUT2D eigenvalue weighted by atomic mass is 16.4. The van der Waals surface area contributed by atoms with Crippen molar-refractivity contribution < 1.29 is 9.21 Å². The second-order valence-electron chi connectivity index (χ2n) is 3.19. The fourth-order valence-electron chi connectivity index (χ4n) is 1.19. The number of amides is 1. The number of hydrogen-bond acceptors (Lipinski definition) is 6. The first-order chi connectivity index (χ1) is 7.56. The van der Waals surface area contributed by atoms with Gasteiger partial charge in [0.1, 0.15) is 0 Å². The van der Waals surface area contributed by atoms with E-state index >= 15 is 0 Å². The van der Waals surface area contributed by atoms with Crippen molar-refractivity contribution in [3.05, 3.63) is 17.8 Å². The first kappa shape index (κ1) is 10.1. The van der Waals surface area contributed by atoms with E-state index in [2.05, 4.69) is 20.6 Å². The molecule has 0 aliphatic carbocycles. The van der Waals surface area contributed by atoms with Crippen molar-refractivity contribution in [1.29, 1.82) is 0 Å². The van der Waals surface area contributed by atoms with Crippen molar-refractivity contribution in [3.8, 4) is 0 Å². The van der Waals surface area contributed by atoms with Crippen LogP contribution in [-0.4, -0.2) is 25.9 Å². The summed E-state index contributed by atoms with van der Waals surface area (Å²) in [4.78, 5) is 11.7. The molecule has 0 fully saturated rings. The lowest BCUT2D eigenvalue weighted by atomic mass is 10.3. The minimum absolute atomic E-state index is 0.0209.